The third kappa shape index (κ3) is 4.63. The molecule has 0 radical (unpaired) electrons. The maximum Gasteiger partial charge on any atom is 0.251 e. The van der Waals surface area contributed by atoms with Crippen LogP contribution >= 0.6 is 0 Å². The molecule has 9 nitrogen and oxygen atoms in total. The van der Waals surface area contributed by atoms with Gasteiger partial charge in [-0.3, -0.25) is 9.59 Å². The Bertz CT molecular complexity index is 750. The van der Waals surface area contributed by atoms with Crippen molar-refractivity contribution in [1.82, 2.24) is 10.2 Å². The Morgan fingerprint density at radius 1 is 1.14 bits per heavy atom. The number of nitrogens with one attached hydrogen (secondary N) is 1. The molecule has 0 unspecified atom stereocenters. The number of benzene rings is 1. The normalized spacial score (nSPS) is 26.2. The van der Waals surface area contributed by atoms with Gasteiger partial charge in [0.2, 0.25) is 12.7 Å². The maximum atomic E-state index is 12.6. The van der Waals surface area contributed by atoms with Crippen molar-refractivity contribution in [3.63, 3.8) is 0 Å². The molecule has 29 heavy (non-hydrogen) atoms. The van der Waals surface area contributed by atoms with E-state index in [2.05, 4.69) is 5.32 Å². The molecule has 3 heterocycles. The average molecular weight is 406 g/mol. The van der Waals surface area contributed by atoms with Gasteiger partial charge in [0.1, 0.15) is 6.10 Å². The van der Waals surface area contributed by atoms with Crippen molar-refractivity contribution in [2.45, 2.75) is 37.5 Å². The Labute approximate surface area is 168 Å². The Balaban J connectivity index is 1.31. The molecular weight excluding hydrogens is 380 g/mol. The summed E-state index contributed by atoms with van der Waals surface area (Å²) in [5.41, 5.74) is 0.454. The molecule has 3 atom stereocenters. The van der Waals surface area contributed by atoms with Crippen LogP contribution in [0.1, 0.15) is 29.6 Å². The lowest BCUT2D eigenvalue weighted by atomic mass is 9.96. The van der Waals surface area contributed by atoms with Gasteiger partial charge in [-0.1, -0.05) is 0 Å². The number of ether oxygens (including phenoxy) is 4. The number of carbonyl (C=O) groups excluding carboxylic acids is 2. The molecule has 1 aromatic carbocycles. The van der Waals surface area contributed by atoms with Crippen LogP contribution in [0.3, 0.4) is 0 Å². The van der Waals surface area contributed by atoms with Gasteiger partial charge in [-0.15, -0.1) is 0 Å². The third-order valence-corrected chi connectivity index (χ3v) is 5.51. The van der Waals surface area contributed by atoms with Crippen LogP contribution in [-0.4, -0.2) is 79.8 Å². The van der Waals surface area contributed by atoms with Gasteiger partial charge in [-0.2, -0.15) is 0 Å². The molecule has 2 amide bonds. The van der Waals surface area contributed by atoms with E-state index in [4.69, 9.17) is 18.9 Å². The van der Waals surface area contributed by atoms with Crippen molar-refractivity contribution in [2.24, 2.45) is 0 Å². The second-order valence-electron chi connectivity index (χ2n) is 7.40. The number of rotatable bonds is 5. The first kappa shape index (κ1) is 19.9. The Morgan fingerprint density at radius 3 is 2.72 bits per heavy atom. The van der Waals surface area contributed by atoms with Crippen molar-refractivity contribution in [3.05, 3.63) is 23.8 Å². The highest BCUT2D eigenvalue weighted by atomic mass is 16.7. The Hall–Kier alpha value is -2.36. The van der Waals surface area contributed by atoms with Gasteiger partial charge in [0, 0.05) is 18.7 Å². The fourth-order valence-electron chi connectivity index (χ4n) is 3.87. The summed E-state index contributed by atoms with van der Waals surface area (Å²) >= 11 is 0. The zero-order valence-electron chi connectivity index (χ0n) is 16.2. The van der Waals surface area contributed by atoms with Crippen LogP contribution in [0.2, 0.25) is 0 Å². The first-order valence-corrected chi connectivity index (χ1v) is 9.96. The molecule has 0 bridgehead atoms. The summed E-state index contributed by atoms with van der Waals surface area (Å²) in [5, 5.41) is 12.7. The molecule has 0 saturated carbocycles. The van der Waals surface area contributed by atoms with Gasteiger partial charge in [-0.25, -0.2) is 0 Å². The van der Waals surface area contributed by atoms with Crippen molar-refractivity contribution < 1.29 is 33.6 Å². The monoisotopic (exact) mass is 406 g/mol. The molecule has 3 aliphatic rings. The predicted octanol–water partition coefficient (Wildman–Crippen LogP) is 0.303. The lowest BCUT2D eigenvalue weighted by Crippen LogP contribution is -2.52. The van der Waals surface area contributed by atoms with Gasteiger partial charge < -0.3 is 34.3 Å². The van der Waals surface area contributed by atoms with Gasteiger partial charge in [0.25, 0.3) is 5.91 Å². The van der Waals surface area contributed by atoms with E-state index < -0.39 is 6.10 Å². The second kappa shape index (κ2) is 8.98. The van der Waals surface area contributed by atoms with E-state index in [1.54, 1.807) is 23.1 Å². The highest BCUT2D eigenvalue weighted by Crippen LogP contribution is 2.32. The maximum absolute atomic E-state index is 12.6. The minimum absolute atomic E-state index is 0.0397. The standard InChI is InChI=1S/C20H26N2O7/c23-11-18-15(21-20(25)13-1-4-16-17(9-13)28-12-27-16)3-2-14(29-18)10-19(24)22-5-7-26-8-6-22/h1,4,9,14-15,18,23H,2-3,5-8,10-12H2,(H,21,25)/t14-,15-,18-/m1/s1. The van der Waals surface area contributed by atoms with Crippen molar-refractivity contribution in [3.8, 4) is 11.5 Å². The third-order valence-electron chi connectivity index (χ3n) is 5.51. The first-order valence-electron chi connectivity index (χ1n) is 9.96. The fourth-order valence-corrected chi connectivity index (χ4v) is 3.87. The molecule has 0 aliphatic carbocycles. The van der Waals surface area contributed by atoms with Crippen molar-refractivity contribution >= 4 is 11.8 Å². The predicted molar refractivity (Wildman–Crippen MR) is 101 cm³/mol. The van der Waals surface area contributed by atoms with Crippen LogP contribution in [0.15, 0.2) is 18.2 Å². The van der Waals surface area contributed by atoms with E-state index >= 15 is 0 Å². The molecule has 2 fully saturated rings. The van der Waals surface area contributed by atoms with Gasteiger partial charge in [0.05, 0.1) is 38.4 Å². The molecule has 9 heteroatoms. The lowest BCUT2D eigenvalue weighted by Gasteiger charge is -2.37. The quantitative estimate of drug-likeness (QED) is 0.724. The number of hydrogen-bond acceptors (Lipinski definition) is 7. The van der Waals surface area contributed by atoms with E-state index in [1.807, 2.05) is 0 Å². The van der Waals surface area contributed by atoms with Crippen LogP contribution in [0, 0.1) is 0 Å². The van der Waals surface area contributed by atoms with Crippen LogP contribution in [0.25, 0.3) is 0 Å². The molecule has 158 valence electrons. The van der Waals surface area contributed by atoms with E-state index in [0.29, 0.717) is 56.2 Å². The minimum Gasteiger partial charge on any atom is -0.454 e. The number of hydrogen-bond donors (Lipinski definition) is 2. The van der Waals surface area contributed by atoms with Gasteiger partial charge in [0.15, 0.2) is 11.5 Å². The fraction of sp³-hybridized carbons (Fsp3) is 0.600. The summed E-state index contributed by atoms with van der Waals surface area (Å²) in [6.45, 7) is 2.24. The number of amides is 2. The molecule has 0 spiro atoms. The summed E-state index contributed by atoms with van der Waals surface area (Å²) in [6.07, 6.45) is 0.728. The minimum atomic E-state index is -0.552. The van der Waals surface area contributed by atoms with E-state index in [-0.39, 0.29) is 43.8 Å². The number of nitrogens with zero attached hydrogens (tertiary/aromatic N) is 1. The van der Waals surface area contributed by atoms with Crippen molar-refractivity contribution in [1.29, 1.82) is 0 Å². The summed E-state index contributed by atoms with van der Waals surface area (Å²) in [6, 6.07) is 4.68. The topological polar surface area (TPSA) is 107 Å². The van der Waals surface area contributed by atoms with E-state index in [0.717, 1.165) is 0 Å². The Kier molecular flexibility index (Phi) is 6.17. The van der Waals surface area contributed by atoms with Gasteiger partial charge in [-0.05, 0) is 31.0 Å². The highest BCUT2D eigenvalue weighted by Gasteiger charge is 2.34. The summed E-state index contributed by atoms with van der Waals surface area (Å²) in [4.78, 5) is 26.8. The largest absolute Gasteiger partial charge is 0.454 e. The zero-order chi connectivity index (χ0) is 20.2. The van der Waals surface area contributed by atoms with E-state index in [1.165, 1.54) is 0 Å². The summed E-state index contributed by atoms with van der Waals surface area (Å²) < 4.78 is 21.8. The van der Waals surface area contributed by atoms with Gasteiger partial charge >= 0.3 is 0 Å². The summed E-state index contributed by atoms with van der Waals surface area (Å²) in [5.74, 6) is 0.928. The number of morpholine rings is 1. The molecular formula is C20H26N2O7. The smallest absolute Gasteiger partial charge is 0.251 e. The highest BCUT2D eigenvalue weighted by molar-refractivity contribution is 5.95. The molecule has 1 aromatic rings. The van der Waals surface area contributed by atoms with Crippen LogP contribution in [-0.2, 0) is 14.3 Å². The average Bonchev–Trinajstić information content (AvgIpc) is 3.23. The van der Waals surface area contributed by atoms with Crippen LogP contribution < -0.4 is 14.8 Å². The van der Waals surface area contributed by atoms with Crippen LogP contribution in [0.5, 0.6) is 11.5 Å². The summed E-state index contributed by atoms with van der Waals surface area (Å²) in [7, 11) is 0. The number of carbonyl (C=O) groups is 2. The number of aliphatic hydroxyl groups excluding tert-OH is 1. The number of fused-ring (bicyclic) bond motifs is 1. The van der Waals surface area contributed by atoms with Crippen molar-refractivity contribution in [2.75, 3.05) is 39.7 Å². The lowest BCUT2D eigenvalue weighted by molar-refractivity contribution is -0.143. The Morgan fingerprint density at radius 2 is 1.93 bits per heavy atom. The zero-order valence-corrected chi connectivity index (χ0v) is 16.2. The SMILES string of the molecule is O=C(N[C@@H]1CC[C@H](CC(=O)N2CCOCC2)O[C@@H]1CO)c1ccc2c(c1)OCO2. The molecule has 2 N–H and O–H groups in total. The molecule has 2 saturated heterocycles. The van der Waals surface area contributed by atoms with E-state index in [9.17, 15) is 14.7 Å². The van der Waals surface area contributed by atoms with Crippen LogP contribution in [0.4, 0.5) is 0 Å². The molecule has 3 aliphatic heterocycles. The number of aliphatic hydroxyl groups is 1. The second-order valence-corrected chi connectivity index (χ2v) is 7.40. The molecule has 4 rings (SSSR count). The molecule has 0 aromatic heterocycles. The first-order chi connectivity index (χ1) is 14.1.